The molecule has 1 amide bonds. The fourth-order valence-electron chi connectivity index (χ4n) is 1.64. The molecule has 2 N–H and O–H groups in total. The summed E-state index contributed by atoms with van der Waals surface area (Å²) < 4.78 is 0. The molecular formula is C13H17N3OS2. The zero-order valence-electron chi connectivity index (χ0n) is 11.2. The molecule has 19 heavy (non-hydrogen) atoms. The first kappa shape index (κ1) is 14.2. The molecule has 0 spiro atoms. The highest BCUT2D eigenvalue weighted by molar-refractivity contribution is 7.17. The molecule has 0 fully saturated rings. The van der Waals surface area contributed by atoms with Crippen LogP contribution in [-0.4, -0.2) is 24.5 Å². The van der Waals surface area contributed by atoms with Crippen molar-refractivity contribution < 1.29 is 4.79 Å². The van der Waals surface area contributed by atoms with Gasteiger partial charge in [-0.05, 0) is 26.1 Å². The minimum Gasteiger partial charge on any atom is -0.319 e. The van der Waals surface area contributed by atoms with Gasteiger partial charge in [0.25, 0.3) is 0 Å². The van der Waals surface area contributed by atoms with E-state index in [2.05, 4.69) is 34.7 Å². The van der Waals surface area contributed by atoms with Crippen LogP contribution >= 0.6 is 22.7 Å². The largest absolute Gasteiger partial charge is 0.319 e. The second-order valence-electron chi connectivity index (χ2n) is 4.40. The molecule has 0 aromatic carbocycles. The summed E-state index contributed by atoms with van der Waals surface area (Å²) in [7, 11) is 1.84. The Morgan fingerprint density at radius 2 is 2.26 bits per heavy atom. The van der Waals surface area contributed by atoms with Gasteiger partial charge in [-0.2, -0.15) is 0 Å². The van der Waals surface area contributed by atoms with E-state index >= 15 is 0 Å². The van der Waals surface area contributed by atoms with Crippen molar-refractivity contribution in [3.8, 4) is 10.6 Å². The molecule has 102 valence electrons. The first-order valence-corrected chi connectivity index (χ1v) is 7.77. The highest BCUT2D eigenvalue weighted by Crippen LogP contribution is 2.30. The van der Waals surface area contributed by atoms with Crippen LogP contribution in [-0.2, 0) is 4.79 Å². The van der Waals surface area contributed by atoms with Gasteiger partial charge in [-0.25, -0.2) is 4.98 Å². The molecule has 1 unspecified atom stereocenters. The van der Waals surface area contributed by atoms with Crippen molar-refractivity contribution in [2.75, 3.05) is 18.9 Å². The fraction of sp³-hybridized carbons (Fsp3) is 0.385. The number of nitrogens with zero attached hydrogens (tertiary/aromatic N) is 1. The lowest BCUT2D eigenvalue weighted by Crippen LogP contribution is -2.28. The Hall–Kier alpha value is -1.24. The van der Waals surface area contributed by atoms with Gasteiger partial charge in [0.15, 0.2) is 5.13 Å². The number of anilines is 1. The number of aryl methyl sites for hydroxylation is 1. The molecule has 2 aromatic rings. The molecule has 1 atom stereocenters. The van der Waals surface area contributed by atoms with Gasteiger partial charge in [0, 0.05) is 22.7 Å². The molecule has 0 saturated heterocycles. The van der Waals surface area contributed by atoms with Crippen LogP contribution in [0.4, 0.5) is 5.13 Å². The molecule has 0 aliphatic carbocycles. The third kappa shape index (κ3) is 3.62. The summed E-state index contributed by atoms with van der Waals surface area (Å²) in [5.74, 6) is -0.0704. The monoisotopic (exact) mass is 295 g/mol. The van der Waals surface area contributed by atoms with Crippen LogP contribution in [0.5, 0.6) is 0 Å². The Labute approximate surface area is 120 Å². The number of hydrogen-bond acceptors (Lipinski definition) is 5. The minimum atomic E-state index is -0.0682. The molecular weight excluding hydrogens is 278 g/mol. The van der Waals surface area contributed by atoms with Crippen LogP contribution in [0.1, 0.15) is 11.8 Å². The Morgan fingerprint density at radius 3 is 2.89 bits per heavy atom. The summed E-state index contributed by atoms with van der Waals surface area (Å²) in [5, 5.41) is 8.49. The van der Waals surface area contributed by atoms with Crippen LogP contribution in [0.2, 0.25) is 0 Å². The van der Waals surface area contributed by atoms with Crippen LogP contribution < -0.4 is 10.6 Å². The smallest absolute Gasteiger partial charge is 0.230 e. The number of thiazole rings is 1. The maximum atomic E-state index is 11.9. The Balaban J connectivity index is 2.03. The van der Waals surface area contributed by atoms with E-state index in [0.717, 1.165) is 10.6 Å². The Kier molecular flexibility index (Phi) is 4.68. The number of amides is 1. The van der Waals surface area contributed by atoms with E-state index in [1.807, 2.05) is 19.4 Å². The summed E-state index contributed by atoms with van der Waals surface area (Å²) in [4.78, 5) is 18.7. The average molecular weight is 295 g/mol. The van der Waals surface area contributed by atoms with Crippen molar-refractivity contribution in [3.05, 3.63) is 22.4 Å². The quantitative estimate of drug-likeness (QED) is 0.891. The first-order chi connectivity index (χ1) is 9.10. The summed E-state index contributed by atoms with van der Waals surface area (Å²) in [5.41, 5.74) is 0.930. The van der Waals surface area contributed by atoms with Crippen molar-refractivity contribution in [3.63, 3.8) is 0 Å². The lowest BCUT2D eigenvalue weighted by molar-refractivity contribution is -0.119. The summed E-state index contributed by atoms with van der Waals surface area (Å²) in [6, 6.07) is 4.14. The van der Waals surface area contributed by atoms with Gasteiger partial charge in [-0.1, -0.05) is 6.92 Å². The normalized spacial score (nSPS) is 12.4. The minimum absolute atomic E-state index is 0.00221. The van der Waals surface area contributed by atoms with Crippen LogP contribution in [0.25, 0.3) is 10.6 Å². The maximum Gasteiger partial charge on any atom is 0.230 e. The zero-order chi connectivity index (χ0) is 13.8. The summed E-state index contributed by atoms with van der Waals surface area (Å²) >= 11 is 3.17. The molecule has 2 aromatic heterocycles. The zero-order valence-corrected chi connectivity index (χ0v) is 12.8. The number of rotatable bonds is 5. The van der Waals surface area contributed by atoms with Crippen molar-refractivity contribution >= 4 is 33.7 Å². The van der Waals surface area contributed by atoms with Crippen molar-refractivity contribution in [1.29, 1.82) is 0 Å². The van der Waals surface area contributed by atoms with E-state index in [1.54, 1.807) is 11.3 Å². The molecule has 0 radical (unpaired) electrons. The standard InChI is InChI=1S/C13H17N3OS2/c1-8(6-14-3)12(17)16-13-15-10(7-18-13)11-5-4-9(2)19-11/h4-5,7-8,14H,6H2,1-3H3,(H,15,16,17). The Bertz CT molecular complexity index is 562. The first-order valence-electron chi connectivity index (χ1n) is 6.08. The number of carbonyl (C=O) groups excluding carboxylic acids is 1. The van der Waals surface area contributed by atoms with E-state index in [0.29, 0.717) is 11.7 Å². The van der Waals surface area contributed by atoms with E-state index in [-0.39, 0.29) is 11.8 Å². The van der Waals surface area contributed by atoms with Crippen molar-refractivity contribution in [2.24, 2.45) is 5.92 Å². The van der Waals surface area contributed by atoms with Gasteiger partial charge in [0.1, 0.15) is 0 Å². The number of carbonyl (C=O) groups is 1. The molecule has 2 heterocycles. The third-order valence-electron chi connectivity index (χ3n) is 2.69. The molecule has 6 heteroatoms. The van der Waals surface area contributed by atoms with Crippen LogP contribution in [0.15, 0.2) is 17.5 Å². The molecule has 0 bridgehead atoms. The summed E-state index contributed by atoms with van der Waals surface area (Å²) in [6.07, 6.45) is 0. The number of thiophene rings is 1. The second kappa shape index (κ2) is 6.27. The SMILES string of the molecule is CNCC(C)C(=O)Nc1nc(-c2ccc(C)s2)cs1. The van der Waals surface area contributed by atoms with E-state index < -0.39 is 0 Å². The van der Waals surface area contributed by atoms with E-state index in [4.69, 9.17) is 0 Å². The van der Waals surface area contributed by atoms with Gasteiger partial charge in [0.05, 0.1) is 10.6 Å². The molecule has 0 saturated carbocycles. The van der Waals surface area contributed by atoms with Crippen LogP contribution in [0.3, 0.4) is 0 Å². The topological polar surface area (TPSA) is 54.0 Å². The predicted molar refractivity (Wildman–Crippen MR) is 81.9 cm³/mol. The lowest BCUT2D eigenvalue weighted by Gasteiger charge is -2.09. The van der Waals surface area contributed by atoms with E-state index in [9.17, 15) is 4.79 Å². The van der Waals surface area contributed by atoms with E-state index in [1.165, 1.54) is 16.2 Å². The number of aromatic nitrogens is 1. The maximum absolute atomic E-state index is 11.9. The van der Waals surface area contributed by atoms with Crippen molar-refractivity contribution in [1.82, 2.24) is 10.3 Å². The fourth-order valence-corrected chi connectivity index (χ4v) is 3.26. The Morgan fingerprint density at radius 1 is 1.47 bits per heavy atom. The van der Waals surface area contributed by atoms with Gasteiger partial charge in [-0.3, -0.25) is 4.79 Å². The highest BCUT2D eigenvalue weighted by atomic mass is 32.1. The predicted octanol–water partition coefficient (Wildman–Crippen LogP) is 2.97. The molecule has 2 rings (SSSR count). The van der Waals surface area contributed by atoms with Gasteiger partial charge in [-0.15, -0.1) is 22.7 Å². The lowest BCUT2D eigenvalue weighted by atomic mass is 10.2. The van der Waals surface area contributed by atoms with Gasteiger partial charge < -0.3 is 10.6 Å². The van der Waals surface area contributed by atoms with Crippen molar-refractivity contribution in [2.45, 2.75) is 13.8 Å². The summed E-state index contributed by atoms with van der Waals surface area (Å²) in [6.45, 7) is 4.62. The average Bonchev–Trinajstić information content (AvgIpc) is 2.98. The number of nitrogens with one attached hydrogen (secondary N) is 2. The van der Waals surface area contributed by atoms with Gasteiger partial charge in [0.2, 0.25) is 5.91 Å². The molecule has 0 aliphatic heterocycles. The molecule has 4 nitrogen and oxygen atoms in total. The highest BCUT2D eigenvalue weighted by Gasteiger charge is 2.14. The molecule has 0 aliphatic rings. The number of hydrogen-bond donors (Lipinski definition) is 2. The second-order valence-corrected chi connectivity index (χ2v) is 6.54. The third-order valence-corrected chi connectivity index (χ3v) is 4.47. The van der Waals surface area contributed by atoms with Gasteiger partial charge >= 0.3 is 0 Å². The van der Waals surface area contributed by atoms with Crippen LogP contribution in [0, 0.1) is 12.8 Å².